The highest BCUT2D eigenvalue weighted by Crippen LogP contribution is 2.21. The fraction of sp³-hybridized carbons (Fsp3) is 0.417. The lowest BCUT2D eigenvalue weighted by Crippen LogP contribution is -2.40. The second-order valence-electron chi connectivity index (χ2n) is 3.95. The van der Waals surface area contributed by atoms with Crippen molar-refractivity contribution in [3.63, 3.8) is 0 Å². The number of nitrogens with one attached hydrogen (secondary N) is 1. The highest BCUT2D eigenvalue weighted by Gasteiger charge is 2.23. The van der Waals surface area contributed by atoms with E-state index < -0.39 is 0 Å². The van der Waals surface area contributed by atoms with Gasteiger partial charge in [-0.2, -0.15) is 0 Å². The van der Waals surface area contributed by atoms with Gasteiger partial charge in [-0.1, -0.05) is 6.07 Å². The number of anilines is 1. The van der Waals surface area contributed by atoms with Crippen molar-refractivity contribution in [1.82, 2.24) is 5.32 Å². The van der Waals surface area contributed by atoms with Crippen molar-refractivity contribution in [1.29, 1.82) is 0 Å². The van der Waals surface area contributed by atoms with Gasteiger partial charge in [0.25, 0.3) is 0 Å². The molecule has 0 amide bonds. The third-order valence-corrected chi connectivity index (χ3v) is 2.92. The molecule has 0 heterocycles. The monoisotopic (exact) mass is 238 g/mol. The van der Waals surface area contributed by atoms with Crippen LogP contribution in [0.2, 0.25) is 0 Å². The predicted molar refractivity (Wildman–Crippen MR) is 68.2 cm³/mol. The third-order valence-electron chi connectivity index (χ3n) is 2.59. The van der Waals surface area contributed by atoms with Gasteiger partial charge in [-0.3, -0.25) is 0 Å². The molecular formula is C12H15FN2S. The summed E-state index contributed by atoms with van der Waals surface area (Å²) in [4.78, 5) is 1.91. The quantitative estimate of drug-likeness (QED) is 0.815. The van der Waals surface area contributed by atoms with Gasteiger partial charge in [0.15, 0.2) is 5.11 Å². The first kappa shape index (κ1) is 11.3. The molecule has 4 heteroatoms. The van der Waals surface area contributed by atoms with Crippen LogP contribution in [-0.2, 0) is 0 Å². The van der Waals surface area contributed by atoms with E-state index in [1.807, 2.05) is 17.9 Å². The molecule has 0 aromatic heterocycles. The minimum atomic E-state index is -0.231. The van der Waals surface area contributed by atoms with E-state index in [2.05, 4.69) is 5.32 Å². The smallest absolute Gasteiger partial charge is 0.173 e. The maximum absolute atomic E-state index is 13.1. The van der Waals surface area contributed by atoms with E-state index in [-0.39, 0.29) is 5.82 Å². The number of benzene rings is 1. The molecule has 0 spiro atoms. The van der Waals surface area contributed by atoms with Crippen LogP contribution in [0, 0.1) is 5.82 Å². The maximum Gasteiger partial charge on any atom is 0.173 e. The highest BCUT2D eigenvalue weighted by atomic mass is 32.1. The zero-order valence-electron chi connectivity index (χ0n) is 9.24. The van der Waals surface area contributed by atoms with E-state index >= 15 is 0 Å². The molecule has 1 aromatic carbocycles. The molecule has 0 aliphatic heterocycles. The summed E-state index contributed by atoms with van der Waals surface area (Å²) in [7, 11) is 0. The minimum absolute atomic E-state index is 0.231. The fourth-order valence-electron chi connectivity index (χ4n) is 1.57. The Hall–Kier alpha value is -1.16. The van der Waals surface area contributed by atoms with E-state index in [0.717, 1.165) is 12.2 Å². The van der Waals surface area contributed by atoms with Crippen molar-refractivity contribution >= 4 is 23.0 Å². The van der Waals surface area contributed by atoms with Gasteiger partial charge in [0.1, 0.15) is 5.82 Å². The molecule has 0 saturated heterocycles. The minimum Gasteiger partial charge on any atom is -0.360 e. The van der Waals surface area contributed by atoms with E-state index in [1.54, 1.807) is 6.07 Å². The molecule has 0 atom stereocenters. The molecule has 0 bridgehead atoms. The standard InChI is InChI=1S/C12H15FN2S/c1-2-15(12(16)14-10-6-7-10)11-5-3-4-9(13)8-11/h3-5,8,10H,2,6-7H2,1H3,(H,14,16). The first-order valence-corrected chi connectivity index (χ1v) is 5.95. The van der Waals surface area contributed by atoms with Gasteiger partial charge in [0.05, 0.1) is 0 Å². The summed E-state index contributed by atoms with van der Waals surface area (Å²) in [6, 6.07) is 7.04. The molecule has 1 saturated carbocycles. The Kier molecular flexibility index (Phi) is 3.39. The van der Waals surface area contributed by atoms with Crippen LogP contribution in [0.4, 0.5) is 10.1 Å². The zero-order chi connectivity index (χ0) is 11.5. The Bertz CT molecular complexity index is 390. The fourth-order valence-corrected chi connectivity index (χ4v) is 1.97. The zero-order valence-corrected chi connectivity index (χ0v) is 10.1. The lowest BCUT2D eigenvalue weighted by Gasteiger charge is -2.24. The molecule has 1 N–H and O–H groups in total. The average Bonchev–Trinajstić information content (AvgIpc) is 3.03. The maximum atomic E-state index is 13.1. The average molecular weight is 238 g/mol. The van der Waals surface area contributed by atoms with Crippen molar-refractivity contribution < 1.29 is 4.39 Å². The summed E-state index contributed by atoms with van der Waals surface area (Å²) in [5.74, 6) is -0.231. The lowest BCUT2D eigenvalue weighted by atomic mass is 10.3. The van der Waals surface area contributed by atoms with E-state index in [9.17, 15) is 4.39 Å². The van der Waals surface area contributed by atoms with Crippen molar-refractivity contribution in [2.75, 3.05) is 11.4 Å². The van der Waals surface area contributed by atoms with E-state index in [1.165, 1.54) is 25.0 Å². The second kappa shape index (κ2) is 4.78. The van der Waals surface area contributed by atoms with Crippen molar-refractivity contribution in [2.24, 2.45) is 0 Å². The summed E-state index contributed by atoms with van der Waals surface area (Å²) < 4.78 is 13.1. The molecule has 86 valence electrons. The first-order chi connectivity index (χ1) is 7.70. The molecule has 2 nitrogen and oxygen atoms in total. The Labute approximate surface area is 100 Å². The Morgan fingerprint density at radius 1 is 1.56 bits per heavy atom. The molecule has 2 rings (SSSR count). The van der Waals surface area contributed by atoms with Gasteiger partial charge in [-0.15, -0.1) is 0 Å². The second-order valence-corrected chi connectivity index (χ2v) is 4.33. The van der Waals surface area contributed by atoms with Crippen LogP contribution in [0.25, 0.3) is 0 Å². The van der Waals surface area contributed by atoms with Crippen LogP contribution in [-0.4, -0.2) is 17.7 Å². The highest BCUT2D eigenvalue weighted by molar-refractivity contribution is 7.80. The number of hydrogen-bond donors (Lipinski definition) is 1. The van der Waals surface area contributed by atoms with Crippen LogP contribution in [0.15, 0.2) is 24.3 Å². The van der Waals surface area contributed by atoms with Crippen molar-refractivity contribution in [2.45, 2.75) is 25.8 Å². The summed E-state index contributed by atoms with van der Waals surface area (Å²) in [5.41, 5.74) is 0.806. The number of hydrogen-bond acceptors (Lipinski definition) is 1. The van der Waals surface area contributed by atoms with Gasteiger partial charge in [0.2, 0.25) is 0 Å². The molecule has 0 unspecified atom stereocenters. The molecule has 16 heavy (non-hydrogen) atoms. The van der Waals surface area contributed by atoms with Crippen LogP contribution in [0.3, 0.4) is 0 Å². The predicted octanol–water partition coefficient (Wildman–Crippen LogP) is 2.69. The van der Waals surface area contributed by atoms with Gasteiger partial charge in [-0.05, 0) is 50.2 Å². The summed E-state index contributed by atoms with van der Waals surface area (Å²) >= 11 is 5.31. The summed E-state index contributed by atoms with van der Waals surface area (Å²) in [5, 5.41) is 3.95. The van der Waals surface area contributed by atoms with Crippen LogP contribution in [0.1, 0.15) is 19.8 Å². The molecule has 1 fully saturated rings. The first-order valence-electron chi connectivity index (χ1n) is 5.54. The lowest BCUT2D eigenvalue weighted by molar-refractivity contribution is 0.627. The van der Waals surface area contributed by atoms with Gasteiger partial charge in [-0.25, -0.2) is 4.39 Å². The van der Waals surface area contributed by atoms with E-state index in [4.69, 9.17) is 12.2 Å². The number of rotatable bonds is 3. The normalized spacial score (nSPS) is 14.6. The van der Waals surface area contributed by atoms with Crippen LogP contribution in [0.5, 0.6) is 0 Å². The van der Waals surface area contributed by atoms with Crippen molar-refractivity contribution in [3.05, 3.63) is 30.1 Å². The Morgan fingerprint density at radius 3 is 2.88 bits per heavy atom. The third kappa shape index (κ3) is 2.70. The largest absolute Gasteiger partial charge is 0.360 e. The van der Waals surface area contributed by atoms with Gasteiger partial charge >= 0.3 is 0 Å². The molecule has 1 aliphatic carbocycles. The summed E-state index contributed by atoms with van der Waals surface area (Å²) in [6.07, 6.45) is 2.36. The SMILES string of the molecule is CCN(C(=S)NC1CC1)c1cccc(F)c1. The van der Waals surface area contributed by atoms with Gasteiger partial charge < -0.3 is 10.2 Å². The molecule has 0 radical (unpaired) electrons. The van der Waals surface area contributed by atoms with Crippen LogP contribution < -0.4 is 10.2 Å². The number of nitrogens with zero attached hydrogens (tertiary/aromatic N) is 1. The number of halogens is 1. The van der Waals surface area contributed by atoms with Crippen LogP contribution >= 0.6 is 12.2 Å². The molecule has 1 aromatic rings. The van der Waals surface area contributed by atoms with E-state index in [0.29, 0.717) is 11.2 Å². The molecule has 1 aliphatic rings. The molecular weight excluding hydrogens is 223 g/mol. The Balaban J connectivity index is 2.11. The number of thiocarbonyl (C=S) groups is 1. The van der Waals surface area contributed by atoms with Gasteiger partial charge in [0, 0.05) is 18.3 Å². The Morgan fingerprint density at radius 2 is 2.31 bits per heavy atom. The topological polar surface area (TPSA) is 15.3 Å². The summed E-state index contributed by atoms with van der Waals surface area (Å²) in [6.45, 7) is 2.74. The van der Waals surface area contributed by atoms with Crippen molar-refractivity contribution in [3.8, 4) is 0 Å².